The molecule has 0 amide bonds. The molecular weight excluding hydrogens is 262 g/mol. The van der Waals surface area contributed by atoms with Crippen molar-refractivity contribution in [3.63, 3.8) is 0 Å². The van der Waals surface area contributed by atoms with Crippen LogP contribution in [0.25, 0.3) is 0 Å². The van der Waals surface area contributed by atoms with Gasteiger partial charge in [0, 0.05) is 44.9 Å². The van der Waals surface area contributed by atoms with E-state index < -0.39 is 0 Å². The predicted octanol–water partition coefficient (Wildman–Crippen LogP) is 2.41. The lowest BCUT2D eigenvalue weighted by Gasteiger charge is -2.44. The third-order valence-electron chi connectivity index (χ3n) is 4.99. The second-order valence-electron chi connectivity index (χ2n) is 6.59. The molecule has 2 fully saturated rings. The van der Waals surface area contributed by atoms with Crippen LogP contribution >= 0.6 is 0 Å². The van der Waals surface area contributed by atoms with Gasteiger partial charge in [-0.15, -0.1) is 0 Å². The maximum Gasteiger partial charge on any atom is 0.128 e. The molecule has 2 aliphatic rings. The Morgan fingerprint density at radius 3 is 2.71 bits per heavy atom. The fraction of sp³-hybridized carbons (Fsp3) is 0.706. The first-order chi connectivity index (χ1) is 10.3. The fourth-order valence-electron chi connectivity index (χ4n) is 3.70. The van der Waals surface area contributed by atoms with Crippen molar-refractivity contribution in [2.75, 3.05) is 51.3 Å². The Kier molecular flexibility index (Phi) is 4.76. The van der Waals surface area contributed by atoms with Crippen LogP contribution in [0.2, 0.25) is 0 Å². The quantitative estimate of drug-likeness (QED) is 0.832. The van der Waals surface area contributed by atoms with E-state index in [0.717, 1.165) is 32.1 Å². The first kappa shape index (κ1) is 14.8. The second-order valence-corrected chi connectivity index (χ2v) is 6.59. The van der Waals surface area contributed by atoms with Crippen LogP contribution in [0.3, 0.4) is 0 Å². The summed E-state index contributed by atoms with van der Waals surface area (Å²) in [6.07, 6.45) is 7.15. The number of nitrogens with zero attached hydrogens (tertiary/aromatic N) is 3. The fourth-order valence-corrected chi connectivity index (χ4v) is 3.70. The lowest BCUT2D eigenvalue weighted by atomic mass is 9.69. The Bertz CT molecular complexity index is 433. The number of anilines is 1. The normalized spacial score (nSPS) is 22.6. The minimum atomic E-state index is 0.439. The molecule has 1 aromatic rings. The summed E-state index contributed by atoms with van der Waals surface area (Å²) in [5, 5.41) is 0. The number of aromatic nitrogens is 1. The summed E-state index contributed by atoms with van der Waals surface area (Å²) in [7, 11) is 1.84. The van der Waals surface area contributed by atoms with Gasteiger partial charge in [-0.1, -0.05) is 12.5 Å². The second kappa shape index (κ2) is 6.75. The summed E-state index contributed by atoms with van der Waals surface area (Å²) >= 11 is 0. The SMILES string of the molecule is COCC1(CN2CCCN(c3ccccn3)CC2)CCC1. The van der Waals surface area contributed by atoms with E-state index in [-0.39, 0.29) is 0 Å². The number of hydrogen-bond donors (Lipinski definition) is 0. The molecule has 0 unspecified atom stereocenters. The Morgan fingerprint density at radius 1 is 1.14 bits per heavy atom. The highest BCUT2D eigenvalue weighted by molar-refractivity contribution is 5.37. The molecule has 0 N–H and O–H groups in total. The molecule has 1 aromatic heterocycles. The minimum absolute atomic E-state index is 0.439. The number of rotatable bonds is 5. The van der Waals surface area contributed by atoms with Gasteiger partial charge in [-0.3, -0.25) is 0 Å². The number of methoxy groups -OCH3 is 1. The lowest BCUT2D eigenvalue weighted by molar-refractivity contribution is -0.0102. The number of ether oxygens (including phenoxy) is 1. The van der Waals surface area contributed by atoms with Gasteiger partial charge in [0.15, 0.2) is 0 Å². The minimum Gasteiger partial charge on any atom is -0.384 e. The zero-order valence-corrected chi connectivity index (χ0v) is 13.1. The molecule has 0 radical (unpaired) electrons. The van der Waals surface area contributed by atoms with E-state index >= 15 is 0 Å². The highest BCUT2D eigenvalue weighted by atomic mass is 16.5. The third-order valence-corrected chi connectivity index (χ3v) is 4.99. The Morgan fingerprint density at radius 2 is 2.05 bits per heavy atom. The van der Waals surface area contributed by atoms with Crippen LogP contribution in [-0.2, 0) is 4.74 Å². The molecule has 1 saturated heterocycles. The molecule has 116 valence electrons. The van der Waals surface area contributed by atoms with Crippen molar-refractivity contribution >= 4 is 5.82 Å². The molecule has 4 nitrogen and oxygen atoms in total. The van der Waals surface area contributed by atoms with E-state index in [2.05, 4.69) is 26.9 Å². The topological polar surface area (TPSA) is 28.6 Å². The van der Waals surface area contributed by atoms with Crippen LogP contribution in [0.1, 0.15) is 25.7 Å². The molecular formula is C17H27N3O. The average Bonchev–Trinajstić information content (AvgIpc) is 2.71. The maximum absolute atomic E-state index is 5.47. The van der Waals surface area contributed by atoms with Crippen LogP contribution in [0.4, 0.5) is 5.82 Å². The summed E-state index contributed by atoms with van der Waals surface area (Å²) < 4.78 is 5.47. The summed E-state index contributed by atoms with van der Waals surface area (Å²) in [4.78, 5) is 9.55. The third kappa shape index (κ3) is 3.55. The zero-order valence-electron chi connectivity index (χ0n) is 13.1. The standard InChI is InChI=1S/C17H27N3O/c1-21-15-17(7-4-8-17)14-19-10-5-11-20(13-12-19)16-6-2-3-9-18-16/h2-3,6,9H,4-5,7-8,10-15H2,1H3. The van der Waals surface area contributed by atoms with Crippen molar-refractivity contribution in [3.8, 4) is 0 Å². The van der Waals surface area contributed by atoms with Crippen molar-refractivity contribution in [2.45, 2.75) is 25.7 Å². The van der Waals surface area contributed by atoms with Crippen LogP contribution in [0.5, 0.6) is 0 Å². The van der Waals surface area contributed by atoms with E-state index in [1.165, 1.54) is 38.8 Å². The van der Waals surface area contributed by atoms with Gasteiger partial charge in [0.1, 0.15) is 5.82 Å². The number of pyridine rings is 1. The van der Waals surface area contributed by atoms with Crippen molar-refractivity contribution in [1.82, 2.24) is 9.88 Å². The Hall–Kier alpha value is -1.13. The van der Waals surface area contributed by atoms with E-state index in [4.69, 9.17) is 4.74 Å². The summed E-state index contributed by atoms with van der Waals surface area (Å²) in [5.41, 5.74) is 0.439. The maximum atomic E-state index is 5.47. The van der Waals surface area contributed by atoms with Gasteiger partial charge in [-0.2, -0.15) is 0 Å². The molecule has 0 aromatic carbocycles. The molecule has 1 aliphatic carbocycles. The summed E-state index contributed by atoms with van der Waals surface area (Å²) in [5.74, 6) is 1.12. The van der Waals surface area contributed by atoms with Crippen molar-refractivity contribution in [1.29, 1.82) is 0 Å². The van der Waals surface area contributed by atoms with Gasteiger partial charge in [0.25, 0.3) is 0 Å². The van der Waals surface area contributed by atoms with Gasteiger partial charge in [-0.25, -0.2) is 4.98 Å². The molecule has 21 heavy (non-hydrogen) atoms. The molecule has 0 bridgehead atoms. The van der Waals surface area contributed by atoms with Gasteiger partial charge < -0.3 is 14.5 Å². The average molecular weight is 289 g/mol. The van der Waals surface area contributed by atoms with Crippen LogP contribution in [-0.4, -0.2) is 56.3 Å². The first-order valence-electron chi connectivity index (χ1n) is 8.19. The zero-order chi connectivity index (χ0) is 14.5. The van der Waals surface area contributed by atoms with Gasteiger partial charge >= 0.3 is 0 Å². The first-order valence-corrected chi connectivity index (χ1v) is 8.19. The monoisotopic (exact) mass is 289 g/mol. The van der Waals surface area contributed by atoms with Crippen LogP contribution in [0.15, 0.2) is 24.4 Å². The summed E-state index contributed by atoms with van der Waals surface area (Å²) in [6.45, 7) is 6.67. The highest BCUT2D eigenvalue weighted by Gasteiger charge is 2.38. The molecule has 2 heterocycles. The smallest absolute Gasteiger partial charge is 0.128 e. The predicted molar refractivity (Wildman–Crippen MR) is 85.7 cm³/mol. The lowest BCUT2D eigenvalue weighted by Crippen LogP contribution is -2.46. The van der Waals surface area contributed by atoms with Crippen molar-refractivity contribution < 1.29 is 4.74 Å². The molecule has 3 rings (SSSR count). The Balaban J connectivity index is 1.56. The van der Waals surface area contributed by atoms with E-state index in [1.807, 2.05) is 19.4 Å². The Labute approximate surface area is 128 Å². The van der Waals surface area contributed by atoms with E-state index in [9.17, 15) is 0 Å². The molecule has 0 spiro atoms. The van der Waals surface area contributed by atoms with Crippen LogP contribution in [0, 0.1) is 5.41 Å². The molecule has 1 aliphatic heterocycles. The molecule has 0 atom stereocenters. The van der Waals surface area contributed by atoms with Crippen molar-refractivity contribution in [2.24, 2.45) is 5.41 Å². The van der Waals surface area contributed by atoms with Crippen LogP contribution < -0.4 is 4.90 Å². The van der Waals surface area contributed by atoms with Gasteiger partial charge in [0.2, 0.25) is 0 Å². The van der Waals surface area contributed by atoms with E-state index in [1.54, 1.807) is 0 Å². The molecule has 1 saturated carbocycles. The van der Waals surface area contributed by atoms with Gasteiger partial charge in [-0.05, 0) is 37.9 Å². The van der Waals surface area contributed by atoms with Crippen molar-refractivity contribution in [3.05, 3.63) is 24.4 Å². The van der Waals surface area contributed by atoms with E-state index in [0.29, 0.717) is 5.41 Å². The molecule has 4 heteroatoms. The van der Waals surface area contributed by atoms with Gasteiger partial charge in [0.05, 0.1) is 6.61 Å². The number of hydrogen-bond acceptors (Lipinski definition) is 4. The largest absolute Gasteiger partial charge is 0.384 e. The summed E-state index contributed by atoms with van der Waals surface area (Å²) in [6, 6.07) is 6.18. The highest BCUT2D eigenvalue weighted by Crippen LogP contribution is 2.41.